The Bertz CT molecular complexity index is 1380. The zero-order valence-electron chi connectivity index (χ0n) is 18.1. The first-order valence-electron chi connectivity index (χ1n) is 9.88. The average Bonchev–Trinajstić information content (AvgIpc) is 3.27. The number of pyridine rings is 1. The zero-order chi connectivity index (χ0) is 24.8. The highest BCUT2D eigenvalue weighted by atomic mass is 35.5. The summed E-state index contributed by atoms with van der Waals surface area (Å²) in [5, 5.41) is 21.1. The van der Waals surface area contributed by atoms with E-state index in [2.05, 4.69) is 4.98 Å². The molecule has 0 amide bonds. The summed E-state index contributed by atoms with van der Waals surface area (Å²) in [4.78, 5) is 37.7. The van der Waals surface area contributed by atoms with Gasteiger partial charge in [-0.3, -0.25) is 14.9 Å². The molecule has 0 spiro atoms. The number of hydrogen-bond donors (Lipinski definition) is 1. The number of benzene rings is 1. The highest BCUT2D eigenvalue weighted by Gasteiger charge is 2.25. The molecule has 0 fully saturated rings. The van der Waals surface area contributed by atoms with Crippen molar-refractivity contribution in [3.63, 3.8) is 0 Å². The molecule has 0 saturated heterocycles. The second kappa shape index (κ2) is 10.6. The van der Waals surface area contributed by atoms with Crippen molar-refractivity contribution in [3.05, 3.63) is 84.0 Å². The lowest BCUT2D eigenvalue weighted by atomic mass is 10.1. The van der Waals surface area contributed by atoms with Crippen LogP contribution in [0.5, 0.6) is 0 Å². The summed E-state index contributed by atoms with van der Waals surface area (Å²) in [6.07, 6.45) is 2.72. The fourth-order valence-corrected chi connectivity index (χ4v) is 3.40. The van der Waals surface area contributed by atoms with Gasteiger partial charge in [-0.05, 0) is 49.4 Å². The van der Waals surface area contributed by atoms with E-state index in [4.69, 9.17) is 25.5 Å². The Hall–Kier alpha value is -4.20. The van der Waals surface area contributed by atoms with Crippen LogP contribution >= 0.6 is 11.6 Å². The fourth-order valence-electron chi connectivity index (χ4n) is 3.20. The van der Waals surface area contributed by atoms with Crippen molar-refractivity contribution < 1.29 is 23.6 Å². The summed E-state index contributed by atoms with van der Waals surface area (Å²) < 4.78 is 15.7. The molecule has 3 rings (SSSR count). The van der Waals surface area contributed by atoms with Gasteiger partial charge >= 0.3 is 5.97 Å². The van der Waals surface area contributed by atoms with Gasteiger partial charge in [-0.1, -0.05) is 11.6 Å². The maximum Gasteiger partial charge on any atom is 0.339 e. The van der Waals surface area contributed by atoms with Crippen LogP contribution in [0.25, 0.3) is 23.5 Å². The summed E-state index contributed by atoms with van der Waals surface area (Å²) in [6.45, 7) is 1.60. The van der Waals surface area contributed by atoms with Gasteiger partial charge < -0.3 is 18.9 Å². The molecule has 0 unspecified atom stereocenters. The molecule has 0 aliphatic rings. The van der Waals surface area contributed by atoms with Crippen molar-refractivity contribution in [1.82, 2.24) is 4.98 Å². The van der Waals surface area contributed by atoms with Crippen LogP contribution in [0.2, 0.25) is 5.02 Å². The van der Waals surface area contributed by atoms with Gasteiger partial charge in [-0.2, -0.15) is 5.26 Å². The molecule has 0 radical (unpaired) electrons. The Balaban J connectivity index is 1.98. The van der Waals surface area contributed by atoms with Crippen molar-refractivity contribution >= 4 is 35.4 Å². The van der Waals surface area contributed by atoms with E-state index in [-0.39, 0.29) is 40.6 Å². The SMILES string of the molecule is CCOC(=O)c1cc(-c2ccc(C=Cc3[nH]c(=O)c(C#N)c(COC)c3[N+](=O)[O-])o2)ccc1Cl. The highest BCUT2D eigenvalue weighted by Crippen LogP contribution is 2.29. The molecule has 11 heteroatoms. The molecular weight excluding hydrogens is 466 g/mol. The molecule has 0 atom stereocenters. The first-order chi connectivity index (χ1) is 16.3. The van der Waals surface area contributed by atoms with Crippen LogP contribution in [0.4, 0.5) is 5.69 Å². The first-order valence-corrected chi connectivity index (χ1v) is 10.3. The van der Waals surface area contributed by atoms with Gasteiger partial charge in [0.1, 0.15) is 28.8 Å². The lowest BCUT2D eigenvalue weighted by molar-refractivity contribution is -0.386. The van der Waals surface area contributed by atoms with E-state index in [1.807, 2.05) is 0 Å². The summed E-state index contributed by atoms with van der Waals surface area (Å²) in [5.41, 5.74) is -1.09. The Morgan fingerprint density at radius 2 is 2.09 bits per heavy atom. The summed E-state index contributed by atoms with van der Waals surface area (Å²) in [5.74, 6) is 0.158. The van der Waals surface area contributed by atoms with E-state index in [9.17, 15) is 25.0 Å². The number of rotatable bonds is 8. The normalized spacial score (nSPS) is 10.9. The molecule has 0 bridgehead atoms. The number of hydrogen-bond acceptors (Lipinski definition) is 8. The molecule has 2 aromatic heterocycles. The molecule has 1 N–H and O–H groups in total. The third-order valence-electron chi connectivity index (χ3n) is 4.69. The summed E-state index contributed by atoms with van der Waals surface area (Å²) in [7, 11) is 1.30. The van der Waals surface area contributed by atoms with Crippen molar-refractivity contribution in [3.8, 4) is 17.4 Å². The highest BCUT2D eigenvalue weighted by molar-refractivity contribution is 6.33. The quantitative estimate of drug-likeness (QED) is 0.278. The number of nitrogens with zero attached hydrogens (tertiary/aromatic N) is 2. The number of aromatic amines is 1. The van der Waals surface area contributed by atoms with Gasteiger partial charge in [0.05, 0.1) is 34.3 Å². The number of nitriles is 1. The van der Waals surface area contributed by atoms with Gasteiger partial charge in [0.25, 0.3) is 11.2 Å². The number of furan rings is 1. The lowest BCUT2D eigenvalue weighted by Gasteiger charge is -2.06. The fraction of sp³-hybridized carbons (Fsp3) is 0.174. The average molecular weight is 484 g/mol. The molecule has 2 heterocycles. The lowest BCUT2D eigenvalue weighted by Crippen LogP contribution is -2.18. The maximum atomic E-state index is 12.2. The topological polar surface area (TPSA) is 148 Å². The second-order valence-corrected chi connectivity index (χ2v) is 7.23. The predicted octanol–water partition coefficient (Wildman–Crippen LogP) is 4.56. The van der Waals surface area contributed by atoms with E-state index in [1.165, 1.54) is 25.3 Å². The number of nitro groups is 1. The number of ether oxygens (including phenoxy) is 2. The number of carbonyl (C=O) groups is 1. The molecule has 1 aromatic carbocycles. The number of halogens is 1. The van der Waals surface area contributed by atoms with Crippen molar-refractivity contribution in [1.29, 1.82) is 5.26 Å². The van der Waals surface area contributed by atoms with Crippen LogP contribution in [0.3, 0.4) is 0 Å². The van der Waals surface area contributed by atoms with Crippen molar-refractivity contribution in [2.45, 2.75) is 13.5 Å². The third-order valence-corrected chi connectivity index (χ3v) is 5.02. The Morgan fingerprint density at radius 1 is 1.32 bits per heavy atom. The van der Waals surface area contributed by atoms with Gasteiger partial charge in [-0.25, -0.2) is 4.79 Å². The Kier molecular flexibility index (Phi) is 7.63. The molecule has 3 aromatic rings. The van der Waals surface area contributed by atoms with E-state index < -0.39 is 22.1 Å². The van der Waals surface area contributed by atoms with Gasteiger partial charge in [0.2, 0.25) is 0 Å². The monoisotopic (exact) mass is 483 g/mol. The maximum absolute atomic E-state index is 12.2. The molecule has 10 nitrogen and oxygen atoms in total. The van der Waals surface area contributed by atoms with E-state index in [0.717, 1.165) is 0 Å². The predicted molar refractivity (Wildman–Crippen MR) is 123 cm³/mol. The molecular formula is C23H18ClN3O7. The van der Waals surface area contributed by atoms with Crippen LogP contribution < -0.4 is 5.56 Å². The van der Waals surface area contributed by atoms with Crippen molar-refractivity contribution in [2.24, 2.45) is 0 Å². The molecule has 0 saturated carbocycles. The van der Waals surface area contributed by atoms with Gasteiger partial charge in [0.15, 0.2) is 0 Å². The Labute approximate surface area is 198 Å². The van der Waals surface area contributed by atoms with E-state index in [1.54, 1.807) is 37.3 Å². The molecule has 174 valence electrons. The summed E-state index contributed by atoms with van der Waals surface area (Å²) in [6, 6.07) is 9.67. The number of methoxy groups -OCH3 is 1. The van der Waals surface area contributed by atoms with Crippen LogP contribution in [-0.4, -0.2) is 29.6 Å². The number of nitrogens with one attached hydrogen (secondary N) is 1. The third kappa shape index (κ3) is 5.06. The number of carbonyl (C=O) groups excluding carboxylic acids is 1. The Morgan fingerprint density at radius 3 is 2.74 bits per heavy atom. The molecule has 34 heavy (non-hydrogen) atoms. The standard InChI is InChI=1S/C23H18ClN3O7/c1-3-33-23(29)15-10-13(4-7-18(15)24)20-9-6-14(34-20)5-8-19-21(27(30)31)17(12-32-2)16(11-25)22(28)26-19/h4-10H,3,12H2,1-2H3,(H,26,28). The van der Waals surface area contributed by atoms with E-state index in [0.29, 0.717) is 17.1 Å². The second-order valence-electron chi connectivity index (χ2n) is 6.82. The number of aromatic nitrogens is 1. The van der Waals surface area contributed by atoms with Gasteiger partial charge in [-0.15, -0.1) is 0 Å². The van der Waals surface area contributed by atoms with Gasteiger partial charge in [0, 0.05) is 12.7 Å². The summed E-state index contributed by atoms with van der Waals surface area (Å²) >= 11 is 6.09. The first kappa shape index (κ1) is 24.4. The van der Waals surface area contributed by atoms with Crippen LogP contribution in [-0.2, 0) is 16.1 Å². The molecule has 0 aliphatic heterocycles. The number of H-pyrrole nitrogens is 1. The van der Waals surface area contributed by atoms with Crippen LogP contribution in [0.15, 0.2) is 39.5 Å². The van der Waals surface area contributed by atoms with Crippen LogP contribution in [0, 0.1) is 21.4 Å². The smallest absolute Gasteiger partial charge is 0.339 e. The zero-order valence-corrected chi connectivity index (χ0v) is 18.8. The minimum Gasteiger partial charge on any atom is -0.462 e. The van der Waals surface area contributed by atoms with Crippen LogP contribution in [0.1, 0.15) is 39.9 Å². The largest absolute Gasteiger partial charge is 0.462 e. The minimum absolute atomic E-state index is 0.116. The number of esters is 1. The molecule has 0 aliphatic carbocycles. The van der Waals surface area contributed by atoms with Crippen molar-refractivity contribution in [2.75, 3.05) is 13.7 Å². The van der Waals surface area contributed by atoms with E-state index >= 15 is 0 Å². The minimum atomic E-state index is -0.771.